The zero-order chi connectivity index (χ0) is 7.28. The molecule has 0 bridgehead atoms. The second-order valence-corrected chi connectivity index (χ2v) is 1.40. The van der Waals surface area contributed by atoms with Crippen molar-refractivity contribution in [3.8, 4) is 0 Å². The molecule has 0 saturated carbocycles. The predicted molar refractivity (Wildman–Crippen MR) is 34.1 cm³/mol. The first kappa shape index (κ1) is 11.8. The van der Waals surface area contributed by atoms with Gasteiger partial charge in [-0.15, -0.1) is 0 Å². The third-order valence-electron chi connectivity index (χ3n) is 0.683. The highest BCUT2D eigenvalue weighted by molar-refractivity contribution is 5.86. The molecule has 0 radical (unpaired) electrons. The lowest BCUT2D eigenvalue weighted by atomic mass is 10.5. The van der Waals surface area contributed by atoms with Crippen LogP contribution in [0.25, 0.3) is 0 Å². The highest BCUT2D eigenvalue weighted by atomic mass is 16.6. The molecule has 0 aliphatic heterocycles. The van der Waals surface area contributed by atoms with Gasteiger partial charge in [0.1, 0.15) is 0 Å². The minimum Gasteiger partial charge on any atom is -0.412 e. The van der Waals surface area contributed by atoms with E-state index in [0.29, 0.717) is 0 Å². The molecule has 5 heteroatoms. The maximum atomic E-state index is 10.3. The number of rotatable bonds is 2. The Labute approximate surface area is 58.5 Å². The quantitative estimate of drug-likeness (QED) is 0.385. The fourth-order valence-corrected chi connectivity index (χ4v) is 0.241. The van der Waals surface area contributed by atoms with E-state index >= 15 is 0 Å². The molecule has 0 spiro atoms. The first-order valence-corrected chi connectivity index (χ1v) is 2.64. The van der Waals surface area contributed by atoms with Crippen LogP contribution in [0.15, 0.2) is 0 Å². The Hall–Kier alpha value is -0.940. The van der Waals surface area contributed by atoms with E-state index in [4.69, 9.17) is 5.73 Å². The zero-order valence-corrected chi connectivity index (χ0v) is 5.72. The zero-order valence-electron chi connectivity index (χ0n) is 5.72. The maximum Gasteiger partial charge on any atom is 0.327 e. The van der Waals surface area contributed by atoms with E-state index in [0.717, 1.165) is 0 Å². The highest BCUT2D eigenvalue weighted by Gasteiger charge is 2.03. The Kier molecular flexibility index (Phi) is 7.30. The first-order valence-electron chi connectivity index (χ1n) is 2.64. The van der Waals surface area contributed by atoms with E-state index < -0.39 is 11.9 Å². The fourth-order valence-electron chi connectivity index (χ4n) is 0.241. The van der Waals surface area contributed by atoms with Gasteiger partial charge in [-0.1, -0.05) is 6.92 Å². The van der Waals surface area contributed by atoms with Crippen molar-refractivity contribution in [2.24, 2.45) is 5.73 Å². The molecule has 0 saturated heterocycles. The van der Waals surface area contributed by atoms with Gasteiger partial charge in [0.15, 0.2) is 0 Å². The lowest BCUT2D eigenvalue weighted by Gasteiger charge is -1.95. The Morgan fingerprint density at radius 1 is 1.40 bits per heavy atom. The molecule has 0 fully saturated rings. The van der Waals surface area contributed by atoms with E-state index in [2.05, 4.69) is 4.74 Å². The topological polar surface area (TPSA) is 101 Å². The largest absolute Gasteiger partial charge is 0.412 e. The molecular formula is C5H11NO4. The third-order valence-corrected chi connectivity index (χ3v) is 0.683. The van der Waals surface area contributed by atoms with Crippen molar-refractivity contribution in [3.05, 3.63) is 0 Å². The van der Waals surface area contributed by atoms with E-state index in [9.17, 15) is 9.59 Å². The molecule has 5 nitrogen and oxygen atoms in total. The molecule has 0 amide bonds. The van der Waals surface area contributed by atoms with Gasteiger partial charge >= 0.3 is 11.9 Å². The van der Waals surface area contributed by atoms with Crippen LogP contribution in [0.1, 0.15) is 13.3 Å². The molecule has 60 valence electrons. The Morgan fingerprint density at radius 3 is 2.20 bits per heavy atom. The van der Waals surface area contributed by atoms with Crippen LogP contribution in [0.3, 0.4) is 0 Å². The summed E-state index contributed by atoms with van der Waals surface area (Å²) >= 11 is 0. The van der Waals surface area contributed by atoms with Gasteiger partial charge in [-0.2, -0.15) is 0 Å². The van der Waals surface area contributed by atoms with Crippen LogP contribution in [0, 0.1) is 0 Å². The summed E-state index contributed by atoms with van der Waals surface area (Å²) in [4.78, 5) is 20.5. The van der Waals surface area contributed by atoms with Gasteiger partial charge in [0, 0.05) is 6.42 Å². The van der Waals surface area contributed by atoms with Gasteiger partial charge in [0.25, 0.3) is 0 Å². The summed E-state index contributed by atoms with van der Waals surface area (Å²) in [5.74, 6) is -1.22. The summed E-state index contributed by atoms with van der Waals surface area (Å²) in [6.07, 6.45) is 0.200. The summed E-state index contributed by atoms with van der Waals surface area (Å²) in [6, 6.07) is 0. The van der Waals surface area contributed by atoms with Gasteiger partial charge in [0.2, 0.25) is 0 Å². The first-order chi connectivity index (χ1) is 4.20. The molecule has 0 aliphatic carbocycles. The van der Waals surface area contributed by atoms with Crippen LogP contribution in [-0.4, -0.2) is 24.0 Å². The molecule has 0 aromatic carbocycles. The summed E-state index contributed by atoms with van der Waals surface area (Å²) in [6.45, 7) is 1.36. The molecule has 10 heavy (non-hydrogen) atoms. The van der Waals surface area contributed by atoms with E-state index in [1.807, 2.05) is 0 Å². The monoisotopic (exact) mass is 149 g/mol. The number of carbonyl (C=O) groups excluding carboxylic acids is 2. The molecule has 0 atom stereocenters. The average Bonchev–Trinajstić information content (AvgIpc) is 1.87. The minimum absolute atomic E-state index is 0. The second-order valence-electron chi connectivity index (χ2n) is 1.40. The fraction of sp³-hybridized carbons (Fsp3) is 0.600. The molecule has 0 rings (SSSR count). The van der Waals surface area contributed by atoms with Gasteiger partial charge in [-0.3, -0.25) is 9.59 Å². The summed E-state index contributed by atoms with van der Waals surface area (Å²) in [5.41, 5.74) is 4.85. The van der Waals surface area contributed by atoms with Crippen LogP contribution in [0.5, 0.6) is 0 Å². The van der Waals surface area contributed by atoms with Crippen LogP contribution >= 0.6 is 0 Å². The van der Waals surface area contributed by atoms with Crippen molar-refractivity contribution >= 4 is 11.9 Å². The van der Waals surface area contributed by atoms with Crippen LogP contribution < -0.4 is 5.73 Å². The molecule has 0 heterocycles. The maximum absolute atomic E-state index is 10.3. The normalized spacial score (nSPS) is 7.80. The number of hydrogen-bond acceptors (Lipinski definition) is 4. The van der Waals surface area contributed by atoms with E-state index in [-0.39, 0.29) is 18.4 Å². The SMILES string of the molecule is CCC(=O)OC(=O)CN.O. The number of ether oxygens (including phenoxy) is 1. The Bertz CT molecular complexity index is 109. The van der Waals surface area contributed by atoms with Crippen LogP contribution in [0.4, 0.5) is 0 Å². The van der Waals surface area contributed by atoms with Crippen LogP contribution in [-0.2, 0) is 14.3 Å². The molecule has 0 unspecified atom stereocenters. The number of nitrogens with two attached hydrogens (primary N) is 1. The van der Waals surface area contributed by atoms with Crippen molar-refractivity contribution in [2.45, 2.75) is 13.3 Å². The Morgan fingerprint density at radius 2 is 1.90 bits per heavy atom. The van der Waals surface area contributed by atoms with Gasteiger partial charge in [-0.25, -0.2) is 0 Å². The van der Waals surface area contributed by atoms with E-state index in [1.54, 1.807) is 6.92 Å². The van der Waals surface area contributed by atoms with Gasteiger partial charge in [0.05, 0.1) is 6.54 Å². The number of esters is 2. The van der Waals surface area contributed by atoms with Crippen molar-refractivity contribution in [2.75, 3.05) is 6.54 Å². The van der Waals surface area contributed by atoms with Crippen molar-refractivity contribution < 1.29 is 19.8 Å². The van der Waals surface area contributed by atoms with Crippen molar-refractivity contribution in [1.29, 1.82) is 0 Å². The molecule has 0 aromatic heterocycles. The average molecular weight is 149 g/mol. The lowest BCUT2D eigenvalue weighted by Crippen LogP contribution is -2.19. The molecule has 4 N–H and O–H groups in total. The second kappa shape index (κ2) is 6.18. The number of carbonyl (C=O) groups is 2. The standard InChI is InChI=1S/C5H9NO3.H2O/c1-2-4(7)9-5(8)3-6;/h2-3,6H2,1H3;1H2. The molecule has 0 aliphatic rings. The highest BCUT2D eigenvalue weighted by Crippen LogP contribution is 1.82. The smallest absolute Gasteiger partial charge is 0.327 e. The van der Waals surface area contributed by atoms with Gasteiger partial charge in [-0.05, 0) is 0 Å². The van der Waals surface area contributed by atoms with E-state index in [1.165, 1.54) is 0 Å². The summed E-state index contributed by atoms with van der Waals surface area (Å²) in [7, 11) is 0. The van der Waals surface area contributed by atoms with Gasteiger partial charge < -0.3 is 15.9 Å². The predicted octanol–water partition coefficient (Wildman–Crippen LogP) is -1.40. The molecule has 0 aromatic rings. The molecular weight excluding hydrogens is 138 g/mol. The minimum atomic E-state index is -0.679. The van der Waals surface area contributed by atoms with Crippen LogP contribution in [0.2, 0.25) is 0 Å². The third kappa shape index (κ3) is 5.20. The Balaban J connectivity index is 0. The lowest BCUT2D eigenvalue weighted by molar-refractivity contribution is -0.158. The van der Waals surface area contributed by atoms with Crippen molar-refractivity contribution in [1.82, 2.24) is 0 Å². The summed E-state index contributed by atoms with van der Waals surface area (Å²) in [5, 5.41) is 0. The summed E-state index contributed by atoms with van der Waals surface area (Å²) < 4.78 is 4.15. The van der Waals surface area contributed by atoms with Crippen molar-refractivity contribution in [3.63, 3.8) is 0 Å². The number of hydrogen-bond donors (Lipinski definition) is 1.